The van der Waals surface area contributed by atoms with Crippen molar-refractivity contribution in [2.45, 2.75) is 17.2 Å². The number of nitrogens with one attached hydrogen (secondary N) is 1. The number of fused-ring (bicyclic) bond motifs is 1. The van der Waals surface area contributed by atoms with Gasteiger partial charge in [0, 0.05) is 12.1 Å². The Hall–Kier alpha value is -1.33. The number of hydrazine groups is 1. The Bertz CT molecular complexity index is 819. The van der Waals surface area contributed by atoms with Gasteiger partial charge in [-0.2, -0.15) is 4.52 Å². The first-order chi connectivity index (χ1) is 11.5. The quantitative estimate of drug-likeness (QED) is 0.224. The number of halogens is 2. The molecule has 0 unspecified atom stereocenters. The molecule has 8 nitrogen and oxygen atoms in total. The molecule has 3 aromatic rings. The highest BCUT2D eigenvalue weighted by Gasteiger charge is 2.06. The van der Waals surface area contributed by atoms with Gasteiger partial charge in [-0.15, -0.1) is 5.10 Å². The fraction of sp³-hybridized carbons (Fsp3) is 0.250. The maximum Gasteiger partial charge on any atom is 0.192 e. The monoisotopic (exact) mass is 404 g/mol. The molecule has 3 rings (SSSR count). The van der Waals surface area contributed by atoms with Crippen molar-refractivity contribution in [2.24, 2.45) is 5.84 Å². The van der Waals surface area contributed by atoms with E-state index in [4.69, 9.17) is 29.0 Å². The zero-order valence-corrected chi connectivity index (χ0v) is 16.1. The number of hydrogen-bond donors (Lipinski definition) is 2. The molecule has 0 saturated heterocycles. The third-order valence-electron chi connectivity index (χ3n) is 2.56. The lowest BCUT2D eigenvalue weighted by molar-refractivity contribution is 0.786. The van der Waals surface area contributed by atoms with Crippen molar-refractivity contribution in [3.05, 3.63) is 28.3 Å². The highest BCUT2D eigenvalue weighted by Crippen LogP contribution is 2.17. The highest BCUT2D eigenvalue weighted by molar-refractivity contribution is 7.98. The molecule has 0 bridgehead atoms. The number of nitrogens with two attached hydrogens (primary N) is 1. The number of nitrogens with zero attached hydrogens (tertiary/aromatic N) is 6. The van der Waals surface area contributed by atoms with Gasteiger partial charge in [0.15, 0.2) is 16.0 Å². The molecule has 3 N–H and O–H groups in total. The Morgan fingerprint density at radius 2 is 1.75 bits per heavy atom. The van der Waals surface area contributed by atoms with E-state index in [2.05, 4.69) is 30.5 Å². The van der Waals surface area contributed by atoms with Gasteiger partial charge in [0.25, 0.3) is 0 Å². The van der Waals surface area contributed by atoms with Gasteiger partial charge in [-0.3, -0.25) is 0 Å². The molecule has 0 radical (unpaired) electrons. The number of aryl methyl sites for hydroxylation is 1. The van der Waals surface area contributed by atoms with Crippen LogP contribution in [-0.2, 0) is 0 Å². The SMILES string of the molecule is CSc1nc(Cl)cc(NN)n1.CSc1nc(Cl)cc2nc(C)nn12. The summed E-state index contributed by atoms with van der Waals surface area (Å²) in [5, 5.41) is 6.38. The van der Waals surface area contributed by atoms with Crippen LogP contribution in [0.1, 0.15) is 5.82 Å². The van der Waals surface area contributed by atoms with Gasteiger partial charge < -0.3 is 5.43 Å². The first kappa shape index (κ1) is 19.0. The largest absolute Gasteiger partial charge is 0.308 e. The lowest BCUT2D eigenvalue weighted by atomic mass is 10.6. The summed E-state index contributed by atoms with van der Waals surface area (Å²) in [4.78, 5) is 16.2. The molecule has 0 aliphatic heterocycles. The smallest absolute Gasteiger partial charge is 0.192 e. The van der Waals surface area contributed by atoms with Crippen molar-refractivity contribution in [3.63, 3.8) is 0 Å². The molecule has 0 aromatic carbocycles. The van der Waals surface area contributed by atoms with Crippen molar-refractivity contribution in [1.29, 1.82) is 0 Å². The summed E-state index contributed by atoms with van der Waals surface area (Å²) >= 11 is 14.4. The van der Waals surface area contributed by atoms with E-state index < -0.39 is 0 Å². The average molecular weight is 405 g/mol. The Morgan fingerprint density at radius 3 is 2.38 bits per heavy atom. The predicted octanol–water partition coefficient (Wildman–Crippen LogP) is 2.95. The first-order valence-electron chi connectivity index (χ1n) is 6.46. The van der Waals surface area contributed by atoms with E-state index in [1.54, 1.807) is 16.6 Å². The average Bonchev–Trinajstić information content (AvgIpc) is 2.93. The minimum atomic E-state index is 0.386. The van der Waals surface area contributed by atoms with Crippen LogP contribution < -0.4 is 11.3 Å². The third kappa shape index (κ3) is 4.84. The number of hydrogen-bond acceptors (Lipinski definition) is 9. The fourth-order valence-corrected chi connectivity index (χ4v) is 2.97. The highest BCUT2D eigenvalue weighted by atomic mass is 35.5. The van der Waals surface area contributed by atoms with Crippen LogP contribution in [0, 0.1) is 6.92 Å². The predicted molar refractivity (Wildman–Crippen MR) is 98.9 cm³/mol. The van der Waals surface area contributed by atoms with E-state index in [1.165, 1.54) is 23.5 Å². The molecule has 3 aromatic heterocycles. The summed E-state index contributed by atoms with van der Waals surface area (Å²) < 4.78 is 1.69. The third-order valence-corrected chi connectivity index (χ3v) is 4.12. The van der Waals surface area contributed by atoms with Crippen molar-refractivity contribution in [1.82, 2.24) is 29.5 Å². The van der Waals surface area contributed by atoms with Crippen LogP contribution in [0.2, 0.25) is 10.3 Å². The van der Waals surface area contributed by atoms with E-state index in [0.717, 1.165) is 16.6 Å². The second-order valence-corrected chi connectivity index (χ2v) is 6.52. The Labute approximate surface area is 156 Å². The molecular weight excluding hydrogens is 391 g/mol. The summed E-state index contributed by atoms with van der Waals surface area (Å²) in [6, 6.07) is 3.25. The van der Waals surface area contributed by atoms with Crippen LogP contribution in [0.25, 0.3) is 5.65 Å². The second kappa shape index (κ2) is 8.67. The summed E-state index contributed by atoms with van der Waals surface area (Å²) in [7, 11) is 0. The zero-order valence-electron chi connectivity index (χ0n) is 13.0. The van der Waals surface area contributed by atoms with E-state index in [9.17, 15) is 0 Å². The Balaban J connectivity index is 0.000000177. The summed E-state index contributed by atoms with van der Waals surface area (Å²) in [5.74, 6) is 6.38. The Kier molecular flexibility index (Phi) is 6.87. The van der Waals surface area contributed by atoms with Gasteiger partial charge in [0.1, 0.15) is 21.9 Å². The number of rotatable bonds is 3. The number of aromatic nitrogens is 6. The molecule has 0 aliphatic carbocycles. The number of thioether (sulfide) groups is 2. The second-order valence-electron chi connectivity index (χ2n) is 4.20. The van der Waals surface area contributed by atoms with E-state index >= 15 is 0 Å². The minimum Gasteiger partial charge on any atom is -0.308 e. The van der Waals surface area contributed by atoms with Gasteiger partial charge in [-0.25, -0.2) is 25.8 Å². The molecule has 0 fully saturated rings. The lowest BCUT2D eigenvalue weighted by Gasteiger charge is -2.00. The fourth-order valence-electron chi connectivity index (χ4n) is 1.64. The number of anilines is 1. The molecule has 128 valence electrons. The van der Waals surface area contributed by atoms with Crippen molar-refractivity contribution in [2.75, 3.05) is 17.9 Å². The lowest BCUT2D eigenvalue weighted by Crippen LogP contribution is -2.09. The molecule has 0 amide bonds. The van der Waals surface area contributed by atoms with Crippen LogP contribution in [0.5, 0.6) is 0 Å². The van der Waals surface area contributed by atoms with Crippen LogP contribution in [0.3, 0.4) is 0 Å². The minimum absolute atomic E-state index is 0.386. The van der Waals surface area contributed by atoms with E-state index in [-0.39, 0.29) is 0 Å². The summed E-state index contributed by atoms with van der Waals surface area (Å²) in [5.41, 5.74) is 3.13. The van der Waals surface area contributed by atoms with Crippen LogP contribution in [-0.4, -0.2) is 42.1 Å². The van der Waals surface area contributed by atoms with Gasteiger partial charge in [0.2, 0.25) is 0 Å². The molecule has 0 saturated carbocycles. The van der Waals surface area contributed by atoms with Gasteiger partial charge in [-0.05, 0) is 19.4 Å². The van der Waals surface area contributed by atoms with Gasteiger partial charge in [0.05, 0.1) is 0 Å². The maximum absolute atomic E-state index is 5.81. The van der Waals surface area contributed by atoms with Crippen molar-refractivity contribution < 1.29 is 0 Å². The van der Waals surface area contributed by atoms with E-state index in [0.29, 0.717) is 21.3 Å². The molecule has 3 heterocycles. The maximum atomic E-state index is 5.81. The molecule has 0 atom stereocenters. The zero-order chi connectivity index (χ0) is 17.7. The van der Waals surface area contributed by atoms with Crippen LogP contribution in [0.4, 0.5) is 5.82 Å². The molecule has 0 aliphatic rings. The number of nitrogen functional groups attached to an aromatic ring is 1. The van der Waals surface area contributed by atoms with Crippen molar-refractivity contribution in [3.8, 4) is 0 Å². The first-order valence-corrected chi connectivity index (χ1v) is 9.66. The summed E-state index contributed by atoms with van der Waals surface area (Å²) in [6.07, 6.45) is 3.79. The molecular formula is C12H14Cl2N8S2. The van der Waals surface area contributed by atoms with Crippen molar-refractivity contribution >= 4 is 58.2 Å². The molecule has 0 spiro atoms. The topological polar surface area (TPSA) is 107 Å². The van der Waals surface area contributed by atoms with Crippen LogP contribution >= 0.6 is 46.7 Å². The molecule has 24 heavy (non-hydrogen) atoms. The van der Waals surface area contributed by atoms with Crippen LogP contribution in [0.15, 0.2) is 22.4 Å². The van der Waals surface area contributed by atoms with E-state index in [1.807, 2.05) is 19.4 Å². The normalized spacial score (nSPS) is 10.4. The van der Waals surface area contributed by atoms with Gasteiger partial charge >= 0.3 is 0 Å². The Morgan fingerprint density at radius 1 is 1.04 bits per heavy atom. The molecule has 12 heteroatoms. The van der Waals surface area contributed by atoms with Gasteiger partial charge in [-0.1, -0.05) is 46.7 Å². The standard InChI is InChI=1S/C7H7ClN4S.C5H7ClN4S/c1-4-9-6-3-5(8)10-7(13-2)12(6)11-4;1-11-5-8-3(6)2-4(9-5)10-7/h3H,1-2H3;2H,7H2,1H3,(H,8,9,10). The summed E-state index contributed by atoms with van der Waals surface area (Å²) in [6.45, 7) is 1.84.